The molecule has 0 bridgehead atoms. The monoisotopic (exact) mass is 372 g/mol. The fourth-order valence-electron chi connectivity index (χ4n) is 3.25. The molecule has 2 aromatic carbocycles. The highest BCUT2D eigenvalue weighted by Gasteiger charge is 2.17. The van der Waals surface area contributed by atoms with Crippen LogP contribution in [0.15, 0.2) is 76.3 Å². The third kappa shape index (κ3) is 3.74. The van der Waals surface area contributed by atoms with E-state index in [9.17, 15) is 4.79 Å². The average molecular weight is 372 g/mol. The molecular weight excluding hydrogens is 352 g/mol. The standard InChI is InChI=1S/C23H20N2O3/c1-27-21-15-17(23-19-7-3-2-5-16(19)12-13-24-23)8-10-20(21)25-22(26)11-9-18-6-4-14-28-18/h2-11,14-15H,12-13H2,1H3,(H,25,26). The van der Waals surface area contributed by atoms with Crippen LogP contribution in [0.5, 0.6) is 5.75 Å². The molecule has 0 saturated heterocycles. The zero-order valence-electron chi connectivity index (χ0n) is 15.5. The van der Waals surface area contributed by atoms with Gasteiger partial charge in [-0.25, -0.2) is 0 Å². The molecule has 140 valence electrons. The molecule has 1 N–H and O–H groups in total. The lowest BCUT2D eigenvalue weighted by atomic mass is 9.93. The maximum atomic E-state index is 12.2. The highest BCUT2D eigenvalue weighted by atomic mass is 16.5. The van der Waals surface area contributed by atoms with E-state index in [1.54, 1.807) is 31.6 Å². The molecule has 0 saturated carbocycles. The van der Waals surface area contributed by atoms with Crippen LogP contribution in [0.25, 0.3) is 6.08 Å². The summed E-state index contributed by atoms with van der Waals surface area (Å²) in [7, 11) is 1.59. The van der Waals surface area contributed by atoms with Crippen molar-refractivity contribution in [2.75, 3.05) is 19.0 Å². The predicted molar refractivity (Wildman–Crippen MR) is 110 cm³/mol. The lowest BCUT2D eigenvalue weighted by Crippen LogP contribution is -2.14. The van der Waals surface area contributed by atoms with Gasteiger partial charge in [-0.3, -0.25) is 9.79 Å². The van der Waals surface area contributed by atoms with Crippen LogP contribution < -0.4 is 10.1 Å². The molecule has 0 spiro atoms. The number of fused-ring (bicyclic) bond motifs is 1. The van der Waals surface area contributed by atoms with Crippen LogP contribution in [0.3, 0.4) is 0 Å². The number of benzene rings is 2. The topological polar surface area (TPSA) is 63.8 Å². The smallest absolute Gasteiger partial charge is 0.248 e. The maximum Gasteiger partial charge on any atom is 0.248 e. The summed E-state index contributed by atoms with van der Waals surface area (Å²) in [4.78, 5) is 16.9. The normalized spacial score (nSPS) is 13.1. The zero-order chi connectivity index (χ0) is 19.3. The minimum Gasteiger partial charge on any atom is -0.495 e. The number of nitrogens with one attached hydrogen (secondary N) is 1. The Morgan fingerprint density at radius 2 is 2.07 bits per heavy atom. The highest BCUT2D eigenvalue weighted by Crippen LogP contribution is 2.29. The van der Waals surface area contributed by atoms with Gasteiger partial charge in [0.1, 0.15) is 11.5 Å². The Kier molecular flexibility index (Phi) is 5.06. The van der Waals surface area contributed by atoms with Gasteiger partial charge >= 0.3 is 0 Å². The summed E-state index contributed by atoms with van der Waals surface area (Å²) in [5.74, 6) is 0.942. The van der Waals surface area contributed by atoms with Crippen LogP contribution in [0.4, 0.5) is 5.69 Å². The van der Waals surface area contributed by atoms with Gasteiger partial charge in [0.15, 0.2) is 0 Å². The van der Waals surface area contributed by atoms with Gasteiger partial charge in [-0.1, -0.05) is 30.3 Å². The van der Waals surface area contributed by atoms with Crippen LogP contribution in [0.2, 0.25) is 0 Å². The molecule has 1 aliphatic heterocycles. The molecule has 28 heavy (non-hydrogen) atoms. The van der Waals surface area contributed by atoms with Crippen molar-refractivity contribution in [2.45, 2.75) is 6.42 Å². The second-order valence-electron chi connectivity index (χ2n) is 6.39. The Labute approximate surface area is 163 Å². The molecule has 1 aromatic heterocycles. The molecule has 0 fully saturated rings. The van der Waals surface area contributed by atoms with Gasteiger partial charge in [0.05, 0.1) is 24.8 Å². The molecule has 0 atom stereocenters. The Balaban J connectivity index is 1.57. The first-order valence-electron chi connectivity index (χ1n) is 9.08. The van der Waals surface area contributed by atoms with Crippen LogP contribution >= 0.6 is 0 Å². The Morgan fingerprint density at radius 3 is 2.89 bits per heavy atom. The predicted octanol–water partition coefficient (Wildman–Crippen LogP) is 4.33. The lowest BCUT2D eigenvalue weighted by molar-refractivity contribution is -0.111. The molecular formula is C23H20N2O3. The second-order valence-corrected chi connectivity index (χ2v) is 6.39. The number of rotatable bonds is 5. The van der Waals surface area contributed by atoms with Crippen molar-refractivity contribution < 1.29 is 13.9 Å². The van der Waals surface area contributed by atoms with E-state index in [4.69, 9.17) is 14.1 Å². The SMILES string of the molecule is COc1cc(C2=NCCc3ccccc32)ccc1NC(=O)C=Cc1ccco1. The van der Waals surface area contributed by atoms with Gasteiger partial charge in [0.25, 0.3) is 0 Å². The summed E-state index contributed by atoms with van der Waals surface area (Å²) >= 11 is 0. The van der Waals surface area contributed by atoms with E-state index in [0.717, 1.165) is 29.8 Å². The minimum absolute atomic E-state index is 0.261. The van der Waals surface area contributed by atoms with E-state index in [2.05, 4.69) is 23.5 Å². The number of ether oxygens (including phenoxy) is 1. The summed E-state index contributed by atoms with van der Waals surface area (Å²) in [6.45, 7) is 0.769. The first-order chi connectivity index (χ1) is 13.7. The van der Waals surface area contributed by atoms with Crippen molar-refractivity contribution in [2.24, 2.45) is 4.99 Å². The number of amides is 1. The number of hydrogen-bond acceptors (Lipinski definition) is 4. The van der Waals surface area contributed by atoms with Gasteiger partial charge in [0, 0.05) is 23.7 Å². The summed E-state index contributed by atoms with van der Waals surface area (Å²) in [5.41, 5.74) is 4.97. The second kappa shape index (κ2) is 7.96. The minimum atomic E-state index is -0.261. The zero-order valence-corrected chi connectivity index (χ0v) is 15.5. The van der Waals surface area contributed by atoms with Gasteiger partial charge in [-0.05, 0) is 42.3 Å². The van der Waals surface area contributed by atoms with Gasteiger partial charge in [-0.15, -0.1) is 0 Å². The molecule has 2 heterocycles. The summed E-state index contributed by atoms with van der Waals surface area (Å²) in [6.07, 6.45) is 5.55. The molecule has 1 aliphatic rings. The number of hydrogen-bond donors (Lipinski definition) is 1. The number of aliphatic imine (C=N–C) groups is 1. The quantitative estimate of drug-likeness (QED) is 0.678. The van der Waals surface area contributed by atoms with E-state index in [1.165, 1.54) is 11.6 Å². The molecule has 5 heteroatoms. The van der Waals surface area contributed by atoms with Gasteiger partial charge in [0.2, 0.25) is 5.91 Å². The first kappa shape index (κ1) is 17.8. The number of carbonyl (C=O) groups excluding carboxylic acids is 1. The summed E-state index contributed by atoms with van der Waals surface area (Å²) < 4.78 is 10.7. The maximum absolute atomic E-state index is 12.2. The number of carbonyl (C=O) groups is 1. The molecule has 0 unspecified atom stereocenters. The molecule has 4 rings (SSSR count). The summed E-state index contributed by atoms with van der Waals surface area (Å²) in [6, 6.07) is 17.6. The van der Waals surface area contributed by atoms with Crippen molar-refractivity contribution in [3.05, 3.63) is 89.4 Å². The van der Waals surface area contributed by atoms with Crippen LogP contribution in [-0.2, 0) is 11.2 Å². The third-order valence-corrected chi connectivity index (χ3v) is 4.60. The Morgan fingerprint density at radius 1 is 1.18 bits per heavy atom. The van der Waals surface area contributed by atoms with Crippen LogP contribution in [0.1, 0.15) is 22.5 Å². The number of nitrogens with zero attached hydrogens (tertiary/aromatic N) is 1. The van der Waals surface area contributed by atoms with Gasteiger partial charge in [-0.2, -0.15) is 0 Å². The molecule has 1 amide bonds. The lowest BCUT2D eigenvalue weighted by Gasteiger charge is -2.18. The number of furan rings is 1. The fourth-order valence-corrected chi connectivity index (χ4v) is 3.25. The van der Waals surface area contributed by atoms with E-state index < -0.39 is 0 Å². The summed E-state index contributed by atoms with van der Waals surface area (Å²) in [5, 5.41) is 2.84. The van der Waals surface area contributed by atoms with Gasteiger partial charge < -0.3 is 14.5 Å². The van der Waals surface area contributed by atoms with Crippen molar-refractivity contribution in [1.82, 2.24) is 0 Å². The third-order valence-electron chi connectivity index (χ3n) is 4.60. The molecule has 5 nitrogen and oxygen atoms in total. The molecule has 3 aromatic rings. The average Bonchev–Trinajstić information content (AvgIpc) is 3.26. The van der Waals surface area contributed by atoms with Crippen molar-refractivity contribution in [3.63, 3.8) is 0 Å². The number of methoxy groups -OCH3 is 1. The van der Waals surface area contributed by atoms with Crippen molar-refractivity contribution in [1.29, 1.82) is 0 Å². The molecule has 0 radical (unpaired) electrons. The Bertz CT molecular complexity index is 1050. The van der Waals surface area contributed by atoms with E-state index in [1.807, 2.05) is 24.3 Å². The van der Waals surface area contributed by atoms with Crippen molar-refractivity contribution >= 4 is 23.4 Å². The first-order valence-corrected chi connectivity index (χ1v) is 9.08. The number of anilines is 1. The van der Waals surface area contributed by atoms with Crippen LogP contribution in [-0.4, -0.2) is 25.3 Å². The Hall–Kier alpha value is -3.60. The van der Waals surface area contributed by atoms with Crippen molar-refractivity contribution in [3.8, 4) is 5.75 Å². The largest absolute Gasteiger partial charge is 0.495 e. The highest BCUT2D eigenvalue weighted by molar-refractivity contribution is 6.15. The van der Waals surface area contributed by atoms with E-state index >= 15 is 0 Å². The van der Waals surface area contributed by atoms with E-state index in [0.29, 0.717) is 17.2 Å². The fraction of sp³-hybridized carbons (Fsp3) is 0.130. The van der Waals surface area contributed by atoms with E-state index in [-0.39, 0.29) is 5.91 Å². The van der Waals surface area contributed by atoms with Crippen LogP contribution in [0, 0.1) is 0 Å². The molecule has 0 aliphatic carbocycles.